The molecule has 0 aliphatic rings. The van der Waals surface area contributed by atoms with Crippen molar-refractivity contribution in [2.75, 3.05) is 14.2 Å². The van der Waals surface area contributed by atoms with Gasteiger partial charge in [0.15, 0.2) is 17.6 Å². The molecule has 1 unspecified atom stereocenters. The van der Waals surface area contributed by atoms with Crippen LogP contribution in [0.5, 0.6) is 17.2 Å². The third-order valence-electron chi connectivity index (χ3n) is 5.51. The molecule has 1 heterocycles. The van der Waals surface area contributed by atoms with E-state index in [2.05, 4.69) is 4.74 Å². The lowest BCUT2D eigenvalue weighted by Gasteiger charge is -2.13. The Balaban J connectivity index is 1.74. The molecule has 0 fully saturated rings. The predicted octanol–water partition coefficient (Wildman–Crippen LogP) is 5.54. The minimum atomic E-state index is -2.91. The van der Waals surface area contributed by atoms with Crippen LogP contribution in [0.1, 0.15) is 34.2 Å². The van der Waals surface area contributed by atoms with Gasteiger partial charge < -0.3 is 23.5 Å². The molecule has 0 radical (unpaired) electrons. The monoisotopic (exact) mass is 499 g/mol. The van der Waals surface area contributed by atoms with E-state index in [1.165, 1.54) is 45.4 Å². The van der Waals surface area contributed by atoms with E-state index in [4.69, 9.17) is 14.2 Å². The third kappa shape index (κ3) is 5.91. The molecule has 0 bridgehead atoms. The van der Waals surface area contributed by atoms with E-state index < -0.39 is 18.7 Å². The molecule has 0 N–H and O–H groups in total. The molecule has 1 atom stereocenters. The van der Waals surface area contributed by atoms with Gasteiger partial charge in [-0.25, -0.2) is 4.79 Å². The Labute approximate surface area is 207 Å². The Morgan fingerprint density at radius 2 is 1.69 bits per heavy atom. The van der Waals surface area contributed by atoms with Gasteiger partial charge in [0.2, 0.25) is 5.78 Å². The van der Waals surface area contributed by atoms with Gasteiger partial charge in [0.05, 0.1) is 14.2 Å². The number of Topliss-reactive ketones (excluding diaryl/α,β-unsaturated/α-hetero) is 1. The molecule has 0 aliphatic heterocycles. The molecule has 0 saturated heterocycles. The second-order valence-electron chi connectivity index (χ2n) is 7.85. The summed E-state index contributed by atoms with van der Waals surface area (Å²) in [5, 5.41) is 0. The topological polar surface area (TPSA) is 76.0 Å². The molecule has 36 heavy (non-hydrogen) atoms. The van der Waals surface area contributed by atoms with Crippen molar-refractivity contribution in [1.29, 1.82) is 0 Å². The first-order chi connectivity index (χ1) is 17.2. The summed E-state index contributed by atoms with van der Waals surface area (Å²) in [5.74, 6) is -0.0398. The Kier molecular flexibility index (Phi) is 8.47. The maximum absolute atomic E-state index is 13.1. The van der Waals surface area contributed by atoms with E-state index in [1.807, 2.05) is 11.5 Å². The van der Waals surface area contributed by atoms with Crippen molar-refractivity contribution in [2.45, 2.75) is 33.5 Å². The summed E-state index contributed by atoms with van der Waals surface area (Å²) in [4.78, 5) is 25.5. The highest BCUT2D eigenvalue weighted by Crippen LogP contribution is 2.31. The van der Waals surface area contributed by atoms with Gasteiger partial charge in [0.25, 0.3) is 0 Å². The van der Waals surface area contributed by atoms with Gasteiger partial charge in [-0.3, -0.25) is 4.79 Å². The van der Waals surface area contributed by atoms with Crippen LogP contribution in [0.3, 0.4) is 0 Å². The van der Waals surface area contributed by atoms with E-state index in [0.717, 1.165) is 5.69 Å². The molecule has 3 aromatic rings. The third-order valence-corrected chi connectivity index (χ3v) is 5.51. The quantitative estimate of drug-likeness (QED) is 0.207. The van der Waals surface area contributed by atoms with Crippen LogP contribution < -0.4 is 14.2 Å². The summed E-state index contributed by atoms with van der Waals surface area (Å²) in [6, 6.07) is 13.0. The number of esters is 1. The number of alkyl halides is 2. The van der Waals surface area contributed by atoms with Gasteiger partial charge in [-0.15, -0.1) is 0 Å². The lowest BCUT2D eigenvalue weighted by molar-refractivity contribution is -0.140. The molecule has 0 spiro atoms. The number of ketones is 1. The number of aryl methyl sites for hydroxylation is 1. The Hall–Kier alpha value is -4.14. The second-order valence-corrected chi connectivity index (χ2v) is 7.85. The van der Waals surface area contributed by atoms with Gasteiger partial charge in [0.1, 0.15) is 5.75 Å². The molecule has 0 saturated carbocycles. The summed E-state index contributed by atoms with van der Waals surface area (Å²) >= 11 is 0. The maximum atomic E-state index is 13.1. The zero-order valence-electron chi connectivity index (χ0n) is 20.6. The lowest BCUT2D eigenvalue weighted by atomic mass is 10.1. The van der Waals surface area contributed by atoms with Crippen LogP contribution in [-0.2, 0) is 9.53 Å². The van der Waals surface area contributed by atoms with Gasteiger partial charge >= 0.3 is 12.6 Å². The molecule has 1 aromatic heterocycles. The van der Waals surface area contributed by atoms with Crippen LogP contribution in [0.25, 0.3) is 11.8 Å². The van der Waals surface area contributed by atoms with Gasteiger partial charge in [-0.1, -0.05) is 12.1 Å². The van der Waals surface area contributed by atoms with Crippen molar-refractivity contribution in [3.05, 3.63) is 77.1 Å². The van der Waals surface area contributed by atoms with Crippen molar-refractivity contribution < 1.29 is 37.3 Å². The number of rotatable bonds is 10. The highest BCUT2D eigenvalue weighted by atomic mass is 19.3. The minimum absolute atomic E-state index is 0.0349. The molecule has 190 valence electrons. The zero-order chi connectivity index (χ0) is 26.4. The lowest BCUT2D eigenvalue weighted by Crippen LogP contribution is -2.24. The first-order valence-electron chi connectivity index (χ1n) is 11.0. The molecule has 9 heteroatoms. The van der Waals surface area contributed by atoms with Crippen molar-refractivity contribution in [2.24, 2.45) is 0 Å². The van der Waals surface area contributed by atoms with E-state index in [1.54, 1.807) is 43.3 Å². The molecular weight excluding hydrogens is 472 g/mol. The standard InChI is InChI=1S/C27H27F2NO6/c1-16-15-22(17(2)30(16)20-10-12-21(13-11-20)36-27(28)29)25(32)18(3)35-24(31)14-9-19-7-6-8-23(33-4)26(19)34-5/h6-15,18,27H,1-5H3. The summed E-state index contributed by atoms with van der Waals surface area (Å²) < 4.78 is 46.9. The van der Waals surface area contributed by atoms with Crippen molar-refractivity contribution in [3.8, 4) is 22.9 Å². The fourth-order valence-electron chi connectivity index (χ4n) is 3.87. The van der Waals surface area contributed by atoms with Crippen LogP contribution in [0.15, 0.2) is 54.6 Å². The van der Waals surface area contributed by atoms with E-state index >= 15 is 0 Å². The number of halogens is 2. The number of benzene rings is 2. The average molecular weight is 500 g/mol. The smallest absolute Gasteiger partial charge is 0.387 e. The van der Waals surface area contributed by atoms with E-state index in [0.29, 0.717) is 34.0 Å². The SMILES string of the molecule is COc1cccc(C=CC(=O)OC(C)C(=O)c2cc(C)n(-c3ccc(OC(F)F)cc3)c2C)c1OC. The summed E-state index contributed by atoms with van der Waals surface area (Å²) in [6.07, 6.45) is 1.70. The number of hydrogen-bond acceptors (Lipinski definition) is 6. The molecule has 0 amide bonds. The summed E-state index contributed by atoms with van der Waals surface area (Å²) in [7, 11) is 3.01. The van der Waals surface area contributed by atoms with Crippen LogP contribution in [0.4, 0.5) is 8.78 Å². The number of nitrogens with zero attached hydrogens (tertiary/aromatic N) is 1. The van der Waals surface area contributed by atoms with Crippen molar-refractivity contribution in [3.63, 3.8) is 0 Å². The van der Waals surface area contributed by atoms with E-state index in [9.17, 15) is 18.4 Å². The normalized spacial score (nSPS) is 12.0. The number of carbonyl (C=O) groups excluding carboxylic acids is 2. The number of carbonyl (C=O) groups is 2. The van der Waals surface area contributed by atoms with Gasteiger partial charge in [-0.05, 0) is 63.2 Å². The number of methoxy groups -OCH3 is 2. The molecule has 2 aromatic carbocycles. The van der Waals surface area contributed by atoms with Crippen LogP contribution in [0, 0.1) is 13.8 Å². The fourth-order valence-corrected chi connectivity index (χ4v) is 3.87. The zero-order valence-corrected chi connectivity index (χ0v) is 20.6. The molecule has 7 nitrogen and oxygen atoms in total. The summed E-state index contributed by atoms with van der Waals surface area (Å²) in [6.45, 7) is 2.16. The number of ether oxygens (including phenoxy) is 4. The predicted molar refractivity (Wildman–Crippen MR) is 130 cm³/mol. The molecular formula is C27H27F2NO6. The Morgan fingerprint density at radius 1 is 1.00 bits per heavy atom. The highest BCUT2D eigenvalue weighted by Gasteiger charge is 2.24. The number of hydrogen-bond donors (Lipinski definition) is 0. The largest absolute Gasteiger partial charge is 0.493 e. The molecule has 3 rings (SSSR count). The van der Waals surface area contributed by atoms with Gasteiger partial charge in [-0.2, -0.15) is 8.78 Å². The first kappa shape index (κ1) is 26.5. The van der Waals surface area contributed by atoms with Crippen molar-refractivity contribution in [1.82, 2.24) is 4.57 Å². The second kappa shape index (κ2) is 11.5. The van der Waals surface area contributed by atoms with Crippen molar-refractivity contribution >= 4 is 17.8 Å². The van der Waals surface area contributed by atoms with E-state index in [-0.39, 0.29) is 11.5 Å². The minimum Gasteiger partial charge on any atom is -0.493 e. The molecule has 0 aliphatic carbocycles. The average Bonchev–Trinajstić information content (AvgIpc) is 3.15. The summed E-state index contributed by atoms with van der Waals surface area (Å²) in [5.41, 5.74) is 3.05. The number of para-hydroxylation sites is 1. The van der Waals surface area contributed by atoms with Crippen LogP contribution in [-0.4, -0.2) is 43.3 Å². The Morgan fingerprint density at radius 3 is 2.31 bits per heavy atom. The first-order valence-corrected chi connectivity index (χ1v) is 11.0. The fraction of sp³-hybridized carbons (Fsp3) is 0.259. The van der Waals surface area contributed by atoms with Crippen LogP contribution >= 0.6 is 0 Å². The Bertz CT molecular complexity index is 1260. The highest BCUT2D eigenvalue weighted by molar-refractivity contribution is 6.02. The number of aromatic nitrogens is 1. The van der Waals surface area contributed by atoms with Crippen LogP contribution in [0.2, 0.25) is 0 Å². The maximum Gasteiger partial charge on any atom is 0.387 e. The van der Waals surface area contributed by atoms with Gasteiger partial charge in [0, 0.05) is 34.3 Å².